The second kappa shape index (κ2) is 3.75. The lowest BCUT2D eigenvalue weighted by Crippen LogP contribution is -2.18. The van der Waals surface area contributed by atoms with Crippen LogP contribution in [0.3, 0.4) is 0 Å². The molecule has 0 amide bonds. The first kappa shape index (κ1) is 7.78. The van der Waals surface area contributed by atoms with Crippen LogP contribution in [0.5, 0.6) is 0 Å². The van der Waals surface area contributed by atoms with E-state index >= 15 is 0 Å². The van der Waals surface area contributed by atoms with Crippen LogP contribution in [-0.4, -0.2) is 31.5 Å². The molecule has 10 heavy (non-hydrogen) atoms. The summed E-state index contributed by atoms with van der Waals surface area (Å²) < 4.78 is 14.2. The first-order chi connectivity index (χ1) is 4.79. The fourth-order valence-corrected chi connectivity index (χ4v) is 0.690. The molecule has 1 heterocycles. The molecule has 0 N–H and O–H groups in total. The average Bonchev–Trinajstić information content (AvgIpc) is 2.34. The van der Waals surface area contributed by atoms with Gasteiger partial charge in [-0.2, -0.15) is 0 Å². The van der Waals surface area contributed by atoms with E-state index in [9.17, 15) is 4.79 Å². The fraction of sp³-hybridized carbons (Fsp3) is 0.800. The number of hydrogen-bond donors (Lipinski definition) is 0. The molecule has 1 saturated heterocycles. The zero-order valence-corrected chi connectivity index (χ0v) is 5.97. The molecular weight excluding hydrogens is 160 g/mol. The molecule has 1 unspecified atom stereocenters. The van der Waals surface area contributed by atoms with Crippen LogP contribution in [-0.2, 0) is 14.2 Å². The van der Waals surface area contributed by atoms with Crippen LogP contribution in [0, 0.1) is 0 Å². The quantitative estimate of drug-likeness (QED) is 0.568. The average molecular weight is 167 g/mol. The van der Waals surface area contributed by atoms with Gasteiger partial charge in [-0.05, 0) is 0 Å². The Kier molecular flexibility index (Phi) is 2.92. The Bertz CT molecular complexity index is 121. The van der Waals surface area contributed by atoms with Crippen LogP contribution >= 0.6 is 11.6 Å². The van der Waals surface area contributed by atoms with Crippen LogP contribution in [0.25, 0.3) is 0 Å². The predicted molar refractivity (Wildman–Crippen MR) is 32.9 cm³/mol. The Morgan fingerprint density at radius 2 is 2.60 bits per heavy atom. The summed E-state index contributed by atoms with van der Waals surface area (Å²) >= 11 is 4.90. The zero-order chi connectivity index (χ0) is 7.40. The third kappa shape index (κ3) is 2.51. The number of carbonyl (C=O) groups excluding carboxylic acids is 1. The van der Waals surface area contributed by atoms with Crippen LogP contribution in [0.4, 0.5) is 4.79 Å². The molecule has 1 atom stereocenters. The van der Waals surface area contributed by atoms with E-state index in [1.807, 2.05) is 0 Å². The third-order valence-corrected chi connectivity index (χ3v) is 1.18. The van der Waals surface area contributed by atoms with Gasteiger partial charge in [-0.15, -0.1) is 0 Å². The maximum atomic E-state index is 10.0. The second-order valence-electron chi connectivity index (χ2n) is 1.83. The lowest BCUT2D eigenvalue weighted by Gasteiger charge is -2.04. The van der Waals surface area contributed by atoms with E-state index in [0.29, 0.717) is 6.61 Å². The van der Waals surface area contributed by atoms with Crippen molar-refractivity contribution in [1.82, 2.24) is 0 Å². The van der Waals surface area contributed by atoms with Crippen molar-refractivity contribution in [3.8, 4) is 0 Å². The van der Waals surface area contributed by atoms with Gasteiger partial charge < -0.3 is 14.2 Å². The molecular formula is C5H7ClO4. The van der Waals surface area contributed by atoms with Crippen molar-refractivity contribution in [2.24, 2.45) is 0 Å². The molecule has 0 spiro atoms. The molecule has 0 aromatic heterocycles. The maximum absolute atomic E-state index is 10.0. The van der Waals surface area contributed by atoms with Crippen LogP contribution < -0.4 is 0 Å². The van der Waals surface area contributed by atoms with E-state index in [1.165, 1.54) is 0 Å². The molecule has 1 fully saturated rings. The molecule has 0 radical (unpaired) electrons. The number of carbonyl (C=O) groups is 1. The van der Waals surface area contributed by atoms with Crippen molar-refractivity contribution in [3.05, 3.63) is 0 Å². The first-order valence-corrected chi connectivity index (χ1v) is 3.18. The van der Waals surface area contributed by atoms with Gasteiger partial charge in [0.05, 0.1) is 6.61 Å². The number of hydrogen-bond acceptors (Lipinski definition) is 4. The highest BCUT2D eigenvalue weighted by Gasteiger charge is 2.17. The molecule has 4 nitrogen and oxygen atoms in total. The fourth-order valence-electron chi connectivity index (χ4n) is 0.627. The van der Waals surface area contributed by atoms with Crippen molar-refractivity contribution in [2.75, 3.05) is 20.0 Å². The summed E-state index contributed by atoms with van der Waals surface area (Å²) in [6, 6.07) is 0. The molecule has 0 bridgehead atoms. The highest BCUT2D eigenvalue weighted by molar-refractivity contribution is 6.61. The summed E-state index contributed by atoms with van der Waals surface area (Å²) in [5, 5.41) is 0. The van der Waals surface area contributed by atoms with Crippen molar-refractivity contribution in [1.29, 1.82) is 0 Å². The van der Waals surface area contributed by atoms with Gasteiger partial charge in [-0.3, -0.25) is 0 Å². The summed E-state index contributed by atoms with van der Waals surface area (Å²) in [6.07, 6.45) is -0.150. The Hall–Kier alpha value is -0.320. The van der Waals surface area contributed by atoms with Crippen molar-refractivity contribution in [2.45, 2.75) is 6.10 Å². The molecule has 0 aromatic carbocycles. The van der Waals surface area contributed by atoms with E-state index in [-0.39, 0.29) is 19.5 Å². The smallest absolute Gasteiger partial charge is 0.403 e. The summed E-state index contributed by atoms with van der Waals surface area (Å²) in [6.45, 7) is 0.900. The minimum Gasteiger partial charge on any atom is -0.451 e. The molecule has 1 rings (SSSR count). The van der Waals surface area contributed by atoms with E-state index in [0.717, 1.165) is 0 Å². The van der Waals surface area contributed by atoms with Crippen molar-refractivity contribution >= 4 is 17.0 Å². The topological polar surface area (TPSA) is 44.8 Å². The van der Waals surface area contributed by atoms with E-state index < -0.39 is 5.43 Å². The van der Waals surface area contributed by atoms with Crippen molar-refractivity contribution in [3.63, 3.8) is 0 Å². The third-order valence-electron chi connectivity index (χ3n) is 1.07. The van der Waals surface area contributed by atoms with E-state index in [2.05, 4.69) is 4.74 Å². The lowest BCUT2D eigenvalue weighted by atomic mass is 10.4. The molecule has 5 heteroatoms. The highest BCUT2D eigenvalue weighted by Crippen LogP contribution is 2.03. The number of rotatable bonds is 2. The first-order valence-electron chi connectivity index (χ1n) is 2.80. The van der Waals surface area contributed by atoms with Crippen molar-refractivity contribution < 1.29 is 19.0 Å². The Labute approximate surface area is 63.0 Å². The summed E-state index contributed by atoms with van der Waals surface area (Å²) in [7, 11) is 0. The van der Waals surface area contributed by atoms with Crippen LogP contribution in [0.1, 0.15) is 0 Å². The van der Waals surface area contributed by atoms with Gasteiger partial charge in [0.15, 0.2) is 0 Å². The second-order valence-corrected chi connectivity index (χ2v) is 2.13. The molecule has 0 aliphatic carbocycles. The largest absolute Gasteiger partial charge is 0.451 e. The minimum absolute atomic E-state index is 0.150. The number of ether oxygens (including phenoxy) is 3. The van der Waals surface area contributed by atoms with Crippen LogP contribution in [0.2, 0.25) is 0 Å². The van der Waals surface area contributed by atoms with Gasteiger partial charge in [-0.1, -0.05) is 0 Å². The van der Waals surface area contributed by atoms with Gasteiger partial charge >= 0.3 is 5.43 Å². The predicted octanol–water partition coefficient (Wildman–Crippen LogP) is 0.735. The van der Waals surface area contributed by atoms with Gasteiger partial charge in [0.2, 0.25) is 0 Å². The molecule has 0 aromatic rings. The summed E-state index contributed by atoms with van der Waals surface area (Å²) in [4.78, 5) is 10.0. The van der Waals surface area contributed by atoms with Gasteiger partial charge in [0.25, 0.3) is 0 Å². The summed E-state index contributed by atoms with van der Waals surface area (Å²) in [5.41, 5.74) is -0.810. The highest BCUT2D eigenvalue weighted by atomic mass is 35.5. The number of halogens is 1. The minimum atomic E-state index is -0.810. The van der Waals surface area contributed by atoms with Crippen LogP contribution in [0.15, 0.2) is 0 Å². The lowest BCUT2D eigenvalue weighted by molar-refractivity contribution is 0.0256. The molecule has 58 valence electrons. The Morgan fingerprint density at radius 3 is 3.10 bits per heavy atom. The maximum Gasteiger partial charge on any atom is 0.403 e. The monoisotopic (exact) mass is 166 g/mol. The van der Waals surface area contributed by atoms with E-state index in [1.54, 1.807) is 0 Å². The van der Waals surface area contributed by atoms with E-state index in [4.69, 9.17) is 21.1 Å². The van der Waals surface area contributed by atoms with Gasteiger partial charge in [0.1, 0.15) is 19.5 Å². The Morgan fingerprint density at radius 1 is 1.80 bits per heavy atom. The molecule has 1 aliphatic heterocycles. The summed E-state index contributed by atoms with van der Waals surface area (Å²) in [5.74, 6) is 0. The SMILES string of the molecule is O=C(Cl)OCC1COCO1. The Balaban J connectivity index is 2.07. The normalized spacial score (nSPS) is 24.7. The standard InChI is InChI=1S/C5H7ClO4/c6-5(7)9-2-4-1-8-3-10-4/h4H,1-3H2. The molecule has 1 aliphatic rings. The van der Waals surface area contributed by atoms with Gasteiger partial charge in [-0.25, -0.2) is 4.79 Å². The zero-order valence-electron chi connectivity index (χ0n) is 5.21. The molecule has 0 saturated carbocycles. The van der Waals surface area contributed by atoms with Gasteiger partial charge in [0, 0.05) is 11.6 Å².